The van der Waals surface area contributed by atoms with Crippen LogP contribution in [0.4, 0.5) is 11.4 Å². The molecule has 2 fully saturated rings. The Morgan fingerprint density at radius 1 is 1.07 bits per heavy atom. The van der Waals surface area contributed by atoms with Crippen LogP contribution < -0.4 is 10.2 Å². The monoisotopic (exact) mass is 375 g/mol. The van der Waals surface area contributed by atoms with Gasteiger partial charge in [-0.15, -0.1) is 0 Å². The van der Waals surface area contributed by atoms with Crippen LogP contribution in [-0.2, 0) is 19.1 Å². The summed E-state index contributed by atoms with van der Waals surface area (Å²) in [6.07, 6.45) is 1.47. The Balaban J connectivity index is 1.52. The van der Waals surface area contributed by atoms with E-state index in [1.54, 1.807) is 4.90 Å². The van der Waals surface area contributed by atoms with Gasteiger partial charge in [-0.05, 0) is 44.0 Å². The van der Waals surface area contributed by atoms with Crippen molar-refractivity contribution in [3.8, 4) is 0 Å². The molecule has 1 aromatic carbocycles. The van der Waals surface area contributed by atoms with Gasteiger partial charge >= 0.3 is 0 Å². The van der Waals surface area contributed by atoms with Crippen molar-refractivity contribution in [2.24, 2.45) is 5.92 Å². The summed E-state index contributed by atoms with van der Waals surface area (Å²) in [5, 5.41) is 2.89. The molecule has 7 heteroatoms. The molecule has 27 heavy (non-hydrogen) atoms. The predicted molar refractivity (Wildman–Crippen MR) is 104 cm³/mol. The Kier molecular flexibility index (Phi) is 7.06. The molecule has 2 saturated heterocycles. The van der Waals surface area contributed by atoms with Crippen LogP contribution in [0, 0.1) is 5.92 Å². The van der Waals surface area contributed by atoms with Crippen LogP contribution >= 0.6 is 0 Å². The van der Waals surface area contributed by atoms with Crippen molar-refractivity contribution in [2.75, 3.05) is 62.8 Å². The van der Waals surface area contributed by atoms with E-state index in [1.165, 1.54) is 0 Å². The van der Waals surface area contributed by atoms with Crippen LogP contribution in [-0.4, -0.2) is 69.3 Å². The summed E-state index contributed by atoms with van der Waals surface area (Å²) < 4.78 is 10.7. The lowest BCUT2D eigenvalue weighted by Crippen LogP contribution is -2.42. The topological polar surface area (TPSA) is 71.1 Å². The fourth-order valence-corrected chi connectivity index (χ4v) is 3.50. The molecule has 2 heterocycles. The van der Waals surface area contributed by atoms with Crippen molar-refractivity contribution in [3.05, 3.63) is 24.3 Å². The van der Waals surface area contributed by atoms with Gasteiger partial charge in [0.1, 0.15) is 0 Å². The minimum absolute atomic E-state index is 0.0284. The van der Waals surface area contributed by atoms with Crippen molar-refractivity contribution in [3.63, 3.8) is 0 Å². The molecule has 0 spiro atoms. The van der Waals surface area contributed by atoms with Crippen LogP contribution in [0.15, 0.2) is 24.3 Å². The van der Waals surface area contributed by atoms with E-state index >= 15 is 0 Å². The van der Waals surface area contributed by atoms with E-state index in [0.717, 1.165) is 50.5 Å². The number of anilines is 2. The van der Waals surface area contributed by atoms with E-state index in [9.17, 15) is 9.59 Å². The number of hydrogen-bond acceptors (Lipinski definition) is 5. The van der Waals surface area contributed by atoms with Gasteiger partial charge in [-0.3, -0.25) is 9.59 Å². The zero-order chi connectivity index (χ0) is 19.1. The van der Waals surface area contributed by atoms with Gasteiger partial charge in [-0.2, -0.15) is 0 Å². The van der Waals surface area contributed by atoms with Crippen molar-refractivity contribution < 1.29 is 19.1 Å². The molecular formula is C20H29N3O4. The summed E-state index contributed by atoms with van der Waals surface area (Å²) in [5.74, 6) is -0.144. The number of carbonyl (C=O) groups is 2. The summed E-state index contributed by atoms with van der Waals surface area (Å²) >= 11 is 0. The van der Waals surface area contributed by atoms with E-state index in [2.05, 4.69) is 10.2 Å². The molecule has 2 amide bonds. The van der Waals surface area contributed by atoms with Gasteiger partial charge in [0.25, 0.3) is 0 Å². The molecular weight excluding hydrogens is 346 g/mol. The highest BCUT2D eigenvalue weighted by atomic mass is 16.5. The number of benzene rings is 1. The molecule has 0 radical (unpaired) electrons. The minimum Gasteiger partial charge on any atom is -0.381 e. The lowest BCUT2D eigenvalue weighted by molar-refractivity contribution is -0.140. The largest absolute Gasteiger partial charge is 0.381 e. The van der Waals surface area contributed by atoms with Crippen molar-refractivity contribution in [1.29, 1.82) is 0 Å². The fourth-order valence-electron chi connectivity index (χ4n) is 3.50. The first-order valence-corrected chi connectivity index (χ1v) is 9.76. The average molecular weight is 375 g/mol. The van der Waals surface area contributed by atoms with E-state index < -0.39 is 0 Å². The Morgan fingerprint density at radius 2 is 1.70 bits per heavy atom. The summed E-state index contributed by atoms with van der Waals surface area (Å²) in [6, 6.07) is 7.82. The van der Waals surface area contributed by atoms with Crippen LogP contribution in [0.25, 0.3) is 0 Å². The molecule has 0 aliphatic carbocycles. The second-order valence-electron chi connectivity index (χ2n) is 6.93. The highest BCUT2D eigenvalue weighted by Crippen LogP contribution is 2.20. The number of nitrogens with zero attached hydrogens (tertiary/aromatic N) is 2. The van der Waals surface area contributed by atoms with E-state index in [4.69, 9.17) is 9.47 Å². The average Bonchev–Trinajstić information content (AvgIpc) is 2.73. The first kappa shape index (κ1) is 19.6. The maximum absolute atomic E-state index is 12.6. The zero-order valence-corrected chi connectivity index (χ0v) is 16.0. The van der Waals surface area contributed by atoms with E-state index in [0.29, 0.717) is 19.8 Å². The third-order valence-corrected chi connectivity index (χ3v) is 5.13. The molecule has 2 aliphatic rings. The Morgan fingerprint density at radius 3 is 2.33 bits per heavy atom. The number of amides is 2. The van der Waals surface area contributed by atoms with Gasteiger partial charge in [0.15, 0.2) is 0 Å². The Bertz CT molecular complexity index is 623. The lowest BCUT2D eigenvalue weighted by atomic mass is 9.98. The van der Waals surface area contributed by atoms with E-state index in [1.807, 2.05) is 31.2 Å². The Hall–Kier alpha value is -2.12. The smallest absolute Gasteiger partial charge is 0.243 e. The highest BCUT2D eigenvalue weighted by Gasteiger charge is 2.26. The number of ether oxygens (including phenoxy) is 2. The highest BCUT2D eigenvalue weighted by molar-refractivity contribution is 5.95. The first-order valence-electron chi connectivity index (χ1n) is 9.76. The molecule has 0 bridgehead atoms. The summed E-state index contributed by atoms with van der Waals surface area (Å²) in [7, 11) is 0. The SMILES string of the molecule is CCN(CC(=O)Nc1ccc(N2CCOCC2)cc1)C(=O)C1CCOCC1. The zero-order valence-electron chi connectivity index (χ0n) is 16.0. The Labute approximate surface area is 160 Å². The molecule has 0 atom stereocenters. The molecule has 0 aromatic heterocycles. The number of carbonyl (C=O) groups excluding carboxylic acids is 2. The molecule has 7 nitrogen and oxygen atoms in total. The summed E-state index contributed by atoms with van der Waals surface area (Å²) in [6.45, 7) is 7.00. The van der Waals surface area contributed by atoms with Crippen LogP contribution in [0.1, 0.15) is 19.8 Å². The fraction of sp³-hybridized carbons (Fsp3) is 0.600. The second kappa shape index (κ2) is 9.71. The third-order valence-electron chi connectivity index (χ3n) is 5.13. The van der Waals surface area contributed by atoms with Crippen LogP contribution in [0.5, 0.6) is 0 Å². The molecule has 3 rings (SSSR count). The predicted octanol–water partition coefficient (Wildman–Crippen LogP) is 1.74. The lowest BCUT2D eigenvalue weighted by Gasteiger charge is -2.29. The second-order valence-corrected chi connectivity index (χ2v) is 6.93. The maximum Gasteiger partial charge on any atom is 0.243 e. The summed E-state index contributed by atoms with van der Waals surface area (Å²) in [5.41, 5.74) is 1.87. The van der Waals surface area contributed by atoms with Crippen molar-refractivity contribution in [1.82, 2.24) is 4.90 Å². The van der Waals surface area contributed by atoms with Crippen molar-refractivity contribution in [2.45, 2.75) is 19.8 Å². The molecule has 2 aliphatic heterocycles. The van der Waals surface area contributed by atoms with Crippen LogP contribution in [0.2, 0.25) is 0 Å². The number of rotatable bonds is 6. The third kappa shape index (κ3) is 5.43. The molecule has 1 aromatic rings. The van der Waals surface area contributed by atoms with E-state index in [-0.39, 0.29) is 24.3 Å². The van der Waals surface area contributed by atoms with Gasteiger partial charge in [-0.25, -0.2) is 0 Å². The maximum atomic E-state index is 12.6. The molecule has 0 saturated carbocycles. The van der Waals surface area contributed by atoms with Gasteiger partial charge in [0, 0.05) is 50.1 Å². The molecule has 1 N–H and O–H groups in total. The van der Waals surface area contributed by atoms with Gasteiger partial charge in [0.2, 0.25) is 11.8 Å². The number of likely N-dealkylation sites (N-methyl/N-ethyl adjacent to an activating group) is 1. The van der Waals surface area contributed by atoms with Gasteiger partial charge < -0.3 is 24.6 Å². The quantitative estimate of drug-likeness (QED) is 0.820. The standard InChI is InChI=1S/C20H29N3O4/c1-2-22(20(25)16-7-11-26-12-8-16)15-19(24)21-17-3-5-18(6-4-17)23-9-13-27-14-10-23/h3-6,16H,2,7-15H2,1H3,(H,21,24). The van der Waals surface area contributed by atoms with Crippen LogP contribution in [0.3, 0.4) is 0 Å². The first-order chi connectivity index (χ1) is 13.2. The summed E-state index contributed by atoms with van der Waals surface area (Å²) in [4.78, 5) is 28.9. The van der Waals surface area contributed by atoms with Gasteiger partial charge in [-0.1, -0.05) is 0 Å². The number of morpholine rings is 1. The minimum atomic E-state index is -0.170. The number of hydrogen-bond donors (Lipinski definition) is 1. The molecule has 148 valence electrons. The molecule has 0 unspecified atom stereocenters. The number of nitrogens with one attached hydrogen (secondary N) is 1. The normalized spacial score (nSPS) is 18.2. The van der Waals surface area contributed by atoms with Gasteiger partial charge in [0.05, 0.1) is 19.8 Å². The van der Waals surface area contributed by atoms with Crippen molar-refractivity contribution >= 4 is 23.2 Å².